The number of aromatic nitrogens is 4. The summed E-state index contributed by atoms with van der Waals surface area (Å²) in [5.41, 5.74) is 5.80. The highest BCUT2D eigenvalue weighted by molar-refractivity contribution is 5.69. The molecule has 0 aliphatic heterocycles. The maximum Gasteiger partial charge on any atom is 0.407 e. The minimum atomic E-state index is -0.560. The molecule has 9 heteroatoms. The molecule has 0 aliphatic rings. The molecule has 4 aromatic rings. The van der Waals surface area contributed by atoms with Crippen LogP contribution in [0.2, 0.25) is 0 Å². The summed E-state index contributed by atoms with van der Waals surface area (Å²) in [6.45, 7) is 11.7. The third-order valence-electron chi connectivity index (χ3n) is 5.65. The molecular weight excluding hydrogens is 480 g/mol. The number of carbonyl (C=O) groups excluding carboxylic acids is 1. The highest BCUT2D eigenvalue weighted by Crippen LogP contribution is 2.28. The molecule has 1 amide bonds. The molecule has 0 saturated carbocycles. The predicted molar refractivity (Wildman–Crippen MR) is 147 cm³/mol. The van der Waals surface area contributed by atoms with Gasteiger partial charge in [0.25, 0.3) is 5.89 Å². The lowest BCUT2D eigenvalue weighted by Gasteiger charge is -2.19. The molecule has 0 spiro atoms. The summed E-state index contributed by atoms with van der Waals surface area (Å²) in [5, 5.41) is 11.2. The highest BCUT2D eigenvalue weighted by Gasteiger charge is 2.18. The maximum atomic E-state index is 12.0. The second kappa shape index (κ2) is 10.8. The van der Waals surface area contributed by atoms with Gasteiger partial charge in [-0.15, -0.1) is 10.2 Å². The molecular formula is C29H32N6O3. The summed E-state index contributed by atoms with van der Waals surface area (Å²) >= 11 is 0. The summed E-state index contributed by atoms with van der Waals surface area (Å²) in [6, 6.07) is 15.5. The fourth-order valence-corrected chi connectivity index (χ4v) is 3.62. The van der Waals surface area contributed by atoms with Crippen LogP contribution in [0.1, 0.15) is 37.6 Å². The second-order valence-electron chi connectivity index (χ2n) is 10.1. The lowest BCUT2D eigenvalue weighted by Crippen LogP contribution is -2.32. The van der Waals surface area contributed by atoms with E-state index in [1.807, 2.05) is 95.2 Å². The normalized spacial score (nSPS) is 11.2. The molecule has 9 nitrogen and oxygen atoms in total. The minimum absolute atomic E-state index is 0.279. The summed E-state index contributed by atoms with van der Waals surface area (Å²) in [7, 11) is 3.92. The van der Waals surface area contributed by atoms with Crippen LogP contribution in [0.5, 0.6) is 0 Å². The number of ether oxygens (including phenoxy) is 1. The van der Waals surface area contributed by atoms with Crippen LogP contribution in [0.3, 0.4) is 0 Å². The van der Waals surface area contributed by atoms with E-state index in [1.54, 1.807) is 6.20 Å². The van der Waals surface area contributed by atoms with Crippen molar-refractivity contribution in [3.05, 3.63) is 78.1 Å². The number of rotatable bonds is 7. The predicted octanol–water partition coefficient (Wildman–Crippen LogP) is 5.73. The van der Waals surface area contributed by atoms with Gasteiger partial charge >= 0.3 is 6.09 Å². The summed E-state index contributed by atoms with van der Waals surface area (Å²) in [4.78, 5) is 23.2. The maximum absolute atomic E-state index is 12.0. The molecule has 0 aliphatic carbocycles. The van der Waals surface area contributed by atoms with Crippen LogP contribution in [0.25, 0.3) is 40.0 Å². The fourth-order valence-electron chi connectivity index (χ4n) is 3.62. The fraction of sp³-hybridized carbons (Fsp3) is 0.276. The standard InChI is InChI=1S/C29H32N6O3/c1-18-25(32-24(17-30-18)22-13-11-21(12-14-22)19(2)35(6)7)27-34-33-26(37-27)23-10-8-9-20(15-23)16-31-28(36)38-29(3,4)5/h8-15,17H,2,16H2,1,3-7H3,(H,31,36). The molecule has 2 aromatic carbocycles. The van der Waals surface area contributed by atoms with E-state index in [4.69, 9.17) is 14.1 Å². The number of amides is 1. The van der Waals surface area contributed by atoms with Crippen LogP contribution in [0.15, 0.2) is 65.7 Å². The Bertz CT molecular complexity index is 1450. The van der Waals surface area contributed by atoms with Crippen molar-refractivity contribution in [1.29, 1.82) is 0 Å². The first-order valence-electron chi connectivity index (χ1n) is 12.2. The van der Waals surface area contributed by atoms with Crippen molar-refractivity contribution >= 4 is 11.8 Å². The van der Waals surface area contributed by atoms with Crippen molar-refractivity contribution in [2.45, 2.75) is 39.8 Å². The summed E-state index contributed by atoms with van der Waals surface area (Å²) < 4.78 is 11.3. The molecule has 0 fully saturated rings. The monoisotopic (exact) mass is 512 g/mol. The summed E-state index contributed by atoms with van der Waals surface area (Å²) in [6.07, 6.45) is 1.25. The second-order valence-corrected chi connectivity index (χ2v) is 10.1. The van der Waals surface area contributed by atoms with Gasteiger partial charge in [0.05, 0.1) is 17.6 Å². The number of alkyl carbamates (subject to hydrolysis) is 1. The number of carbonyl (C=O) groups is 1. The number of nitrogens with one attached hydrogen (secondary N) is 1. The number of hydrogen-bond acceptors (Lipinski definition) is 8. The SMILES string of the molecule is C=C(c1ccc(-c2cnc(C)c(-c3nnc(-c4cccc(CNC(=O)OC(C)(C)C)c4)o3)n2)cc1)N(C)C. The van der Waals surface area contributed by atoms with Crippen LogP contribution in [-0.2, 0) is 11.3 Å². The Balaban J connectivity index is 1.53. The van der Waals surface area contributed by atoms with Crippen LogP contribution >= 0.6 is 0 Å². The first-order chi connectivity index (χ1) is 18.0. The van der Waals surface area contributed by atoms with E-state index in [2.05, 4.69) is 27.1 Å². The third kappa shape index (κ3) is 6.42. The van der Waals surface area contributed by atoms with Gasteiger partial charge in [-0.1, -0.05) is 43.0 Å². The van der Waals surface area contributed by atoms with E-state index in [9.17, 15) is 4.79 Å². The Morgan fingerprint density at radius 3 is 2.45 bits per heavy atom. The quantitative estimate of drug-likeness (QED) is 0.335. The van der Waals surface area contributed by atoms with Gasteiger partial charge < -0.3 is 19.4 Å². The van der Waals surface area contributed by atoms with Gasteiger partial charge in [-0.2, -0.15) is 0 Å². The average Bonchev–Trinajstić information content (AvgIpc) is 3.37. The molecule has 0 unspecified atom stereocenters. The molecule has 4 rings (SSSR count). The van der Waals surface area contributed by atoms with E-state index in [0.717, 1.165) is 28.0 Å². The molecule has 38 heavy (non-hydrogen) atoms. The molecule has 1 N–H and O–H groups in total. The molecule has 0 bridgehead atoms. The largest absolute Gasteiger partial charge is 0.444 e. The van der Waals surface area contributed by atoms with Crippen molar-refractivity contribution in [3.8, 4) is 34.3 Å². The van der Waals surface area contributed by atoms with Crippen LogP contribution < -0.4 is 5.32 Å². The van der Waals surface area contributed by atoms with Crippen molar-refractivity contribution in [3.63, 3.8) is 0 Å². The van der Waals surface area contributed by atoms with E-state index < -0.39 is 11.7 Å². The van der Waals surface area contributed by atoms with Crippen molar-refractivity contribution in [2.24, 2.45) is 0 Å². The van der Waals surface area contributed by atoms with E-state index in [-0.39, 0.29) is 5.89 Å². The Labute approximate surface area is 222 Å². The number of benzene rings is 2. The Kier molecular flexibility index (Phi) is 7.57. The molecule has 2 heterocycles. The van der Waals surface area contributed by atoms with Crippen LogP contribution in [-0.4, -0.2) is 50.9 Å². The number of aryl methyl sites for hydroxylation is 1. The lowest BCUT2D eigenvalue weighted by atomic mass is 10.1. The van der Waals surface area contributed by atoms with Gasteiger partial charge in [0.2, 0.25) is 5.89 Å². The Morgan fingerprint density at radius 2 is 1.76 bits per heavy atom. The Morgan fingerprint density at radius 1 is 1.05 bits per heavy atom. The van der Waals surface area contributed by atoms with E-state index in [0.29, 0.717) is 29.5 Å². The topological polar surface area (TPSA) is 106 Å². The average molecular weight is 513 g/mol. The Hall–Kier alpha value is -4.53. The first kappa shape index (κ1) is 26.5. The molecule has 196 valence electrons. The van der Waals surface area contributed by atoms with Crippen molar-refractivity contribution in [1.82, 2.24) is 30.4 Å². The number of hydrogen-bond donors (Lipinski definition) is 1. The van der Waals surface area contributed by atoms with E-state index in [1.165, 1.54) is 0 Å². The van der Waals surface area contributed by atoms with Gasteiger partial charge in [-0.05, 0) is 51.0 Å². The van der Waals surface area contributed by atoms with Crippen LogP contribution in [0.4, 0.5) is 4.79 Å². The summed E-state index contributed by atoms with van der Waals surface area (Å²) in [5.74, 6) is 0.624. The van der Waals surface area contributed by atoms with Crippen LogP contribution in [0, 0.1) is 6.92 Å². The zero-order valence-corrected chi connectivity index (χ0v) is 22.6. The van der Waals surface area contributed by atoms with Gasteiger partial charge in [0.1, 0.15) is 11.3 Å². The van der Waals surface area contributed by atoms with Crippen molar-refractivity contribution < 1.29 is 13.9 Å². The van der Waals surface area contributed by atoms with E-state index >= 15 is 0 Å². The molecule has 0 atom stereocenters. The molecule has 2 aromatic heterocycles. The molecule has 0 radical (unpaired) electrons. The first-order valence-corrected chi connectivity index (χ1v) is 12.2. The molecule has 0 saturated heterocycles. The van der Waals surface area contributed by atoms with Crippen molar-refractivity contribution in [2.75, 3.05) is 14.1 Å². The van der Waals surface area contributed by atoms with Gasteiger partial charge in [0, 0.05) is 37.5 Å². The third-order valence-corrected chi connectivity index (χ3v) is 5.65. The lowest BCUT2D eigenvalue weighted by molar-refractivity contribution is 0.0523. The van der Waals surface area contributed by atoms with Gasteiger partial charge in [0.15, 0.2) is 0 Å². The van der Waals surface area contributed by atoms with Gasteiger partial charge in [-0.3, -0.25) is 4.98 Å². The van der Waals surface area contributed by atoms with Gasteiger partial charge in [-0.25, -0.2) is 9.78 Å². The number of nitrogens with zero attached hydrogens (tertiary/aromatic N) is 5. The minimum Gasteiger partial charge on any atom is -0.444 e. The zero-order valence-electron chi connectivity index (χ0n) is 22.6. The highest BCUT2D eigenvalue weighted by atomic mass is 16.6. The zero-order chi connectivity index (χ0) is 27.4. The smallest absolute Gasteiger partial charge is 0.407 e.